The lowest BCUT2D eigenvalue weighted by Gasteiger charge is -2.18. The van der Waals surface area contributed by atoms with Crippen LogP contribution < -0.4 is 5.73 Å². The lowest BCUT2D eigenvalue weighted by Crippen LogP contribution is -2.37. The van der Waals surface area contributed by atoms with E-state index >= 15 is 0 Å². The van der Waals surface area contributed by atoms with Crippen molar-refractivity contribution in [1.29, 1.82) is 0 Å². The zero-order valence-corrected chi connectivity index (χ0v) is 11.9. The first-order valence-electron chi connectivity index (χ1n) is 6.55. The molecule has 106 valence electrons. The minimum Gasteiger partial charge on any atom is -0.462 e. The Bertz CT molecular complexity index is 393. The van der Waals surface area contributed by atoms with Gasteiger partial charge in [-0.05, 0) is 38.0 Å². The van der Waals surface area contributed by atoms with Crippen LogP contribution in [0.2, 0.25) is 0 Å². The van der Waals surface area contributed by atoms with Gasteiger partial charge >= 0.3 is 5.97 Å². The van der Waals surface area contributed by atoms with E-state index in [1.165, 1.54) is 0 Å². The molecular formula is C15H23NO3. The van der Waals surface area contributed by atoms with E-state index in [-0.39, 0.29) is 11.5 Å². The van der Waals surface area contributed by atoms with E-state index in [1.54, 1.807) is 12.1 Å². The number of carbonyl (C=O) groups excluding carboxylic acids is 1. The Hall–Kier alpha value is -1.39. The predicted octanol–water partition coefficient (Wildman–Crippen LogP) is 2.51. The van der Waals surface area contributed by atoms with Gasteiger partial charge < -0.3 is 15.2 Å². The zero-order chi connectivity index (χ0) is 14.3. The Morgan fingerprint density at radius 3 is 2.42 bits per heavy atom. The third-order valence-corrected chi connectivity index (χ3v) is 2.37. The molecular weight excluding hydrogens is 242 g/mol. The Kier molecular flexibility index (Phi) is 5.99. The smallest absolute Gasteiger partial charge is 0.338 e. The van der Waals surface area contributed by atoms with E-state index in [0.29, 0.717) is 25.4 Å². The van der Waals surface area contributed by atoms with Crippen molar-refractivity contribution in [1.82, 2.24) is 0 Å². The molecule has 1 aromatic rings. The first-order chi connectivity index (χ1) is 8.92. The summed E-state index contributed by atoms with van der Waals surface area (Å²) in [6.07, 6.45) is 0.826. The van der Waals surface area contributed by atoms with E-state index < -0.39 is 0 Å². The normalized spacial score (nSPS) is 11.4. The molecule has 0 spiro atoms. The first-order valence-corrected chi connectivity index (χ1v) is 6.55. The number of ether oxygens (including phenoxy) is 2. The fraction of sp³-hybridized carbons (Fsp3) is 0.533. The van der Waals surface area contributed by atoms with Gasteiger partial charge in [0, 0.05) is 5.54 Å². The maximum Gasteiger partial charge on any atom is 0.338 e. The molecule has 0 atom stereocenters. The second-order valence-electron chi connectivity index (χ2n) is 5.31. The topological polar surface area (TPSA) is 61.5 Å². The SMILES string of the molecule is CCCOC(=O)c1ccc(COCC(C)(C)N)cc1. The fourth-order valence-electron chi connectivity index (χ4n) is 1.45. The van der Waals surface area contributed by atoms with Crippen molar-refractivity contribution in [3.63, 3.8) is 0 Å². The molecule has 0 radical (unpaired) electrons. The molecule has 0 bridgehead atoms. The van der Waals surface area contributed by atoms with Crippen LogP contribution in [-0.4, -0.2) is 24.7 Å². The van der Waals surface area contributed by atoms with Gasteiger partial charge in [-0.15, -0.1) is 0 Å². The molecule has 4 heteroatoms. The van der Waals surface area contributed by atoms with Gasteiger partial charge in [-0.3, -0.25) is 0 Å². The van der Waals surface area contributed by atoms with E-state index in [4.69, 9.17) is 15.2 Å². The summed E-state index contributed by atoms with van der Waals surface area (Å²) in [5, 5.41) is 0. The molecule has 0 fully saturated rings. The van der Waals surface area contributed by atoms with Gasteiger partial charge in [0.25, 0.3) is 0 Å². The molecule has 0 unspecified atom stereocenters. The Morgan fingerprint density at radius 1 is 1.26 bits per heavy atom. The van der Waals surface area contributed by atoms with Crippen LogP contribution in [0.4, 0.5) is 0 Å². The van der Waals surface area contributed by atoms with Gasteiger partial charge in [0.05, 0.1) is 25.4 Å². The van der Waals surface area contributed by atoms with Crippen molar-refractivity contribution < 1.29 is 14.3 Å². The summed E-state index contributed by atoms with van der Waals surface area (Å²) in [6, 6.07) is 7.24. The summed E-state index contributed by atoms with van der Waals surface area (Å²) >= 11 is 0. The van der Waals surface area contributed by atoms with Crippen molar-refractivity contribution in [2.75, 3.05) is 13.2 Å². The molecule has 2 N–H and O–H groups in total. The molecule has 0 aliphatic rings. The van der Waals surface area contributed by atoms with Gasteiger partial charge in [-0.25, -0.2) is 4.79 Å². The lowest BCUT2D eigenvalue weighted by atomic mass is 10.1. The highest BCUT2D eigenvalue weighted by molar-refractivity contribution is 5.89. The molecule has 0 amide bonds. The van der Waals surface area contributed by atoms with Crippen LogP contribution in [0, 0.1) is 0 Å². The van der Waals surface area contributed by atoms with E-state index in [9.17, 15) is 4.79 Å². The standard InChI is InChI=1S/C15H23NO3/c1-4-9-19-14(17)13-7-5-12(6-8-13)10-18-11-15(2,3)16/h5-8H,4,9-11,16H2,1-3H3. The van der Waals surface area contributed by atoms with E-state index in [1.807, 2.05) is 32.9 Å². The van der Waals surface area contributed by atoms with Crippen molar-refractivity contribution in [2.45, 2.75) is 39.3 Å². The molecule has 0 saturated heterocycles. The highest BCUT2D eigenvalue weighted by atomic mass is 16.5. The summed E-state index contributed by atoms with van der Waals surface area (Å²) in [5.74, 6) is -0.280. The largest absolute Gasteiger partial charge is 0.462 e. The molecule has 0 aliphatic carbocycles. The molecule has 0 heterocycles. The number of esters is 1. The number of hydrogen-bond donors (Lipinski definition) is 1. The molecule has 4 nitrogen and oxygen atoms in total. The minimum atomic E-state index is -0.329. The van der Waals surface area contributed by atoms with Crippen LogP contribution in [0.5, 0.6) is 0 Å². The summed E-state index contributed by atoms with van der Waals surface area (Å²) < 4.78 is 10.6. The molecule has 19 heavy (non-hydrogen) atoms. The Morgan fingerprint density at radius 2 is 1.89 bits per heavy atom. The highest BCUT2D eigenvalue weighted by Crippen LogP contribution is 2.08. The molecule has 0 aromatic heterocycles. The number of rotatable bonds is 7. The van der Waals surface area contributed by atoms with Crippen molar-refractivity contribution in [3.05, 3.63) is 35.4 Å². The number of benzene rings is 1. The Balaban J connectivity index is 2.45. The second-order valence-corrected chi connectivity index (χ2v) is 5.31. The van der Waals surface area contributed by atoms with Crippen LogP contribution in [-0.2, 0) is 16.1 Å². The second kappa shape index (κ2) is 7.26. The van der Waals surface area contributed by atoms with Crippen molar-refractivity contribution >= 4 is 5.97 Å². The summed E-state index contributed by atoms with van der Waals surface area (Å²) in [4.78, 5) is 11.6. The number of nitrogens with two attached hydrogens (primary N) is 1. The fourth-order valence-corrected chi connectivity index (χ4v) is 1.45. The Labute approximate surface area is 114 Å². The molecule has 0 saturated carbocycles. The predicted molar refractivity (Wildman–Crippen MR) is 74.9 cm³/mol. The van der Waals surface area contributed by atoms with Gasteiger partial charge in [0.2, 0.25) is 0 Å². The molecule has 0 aliphatic heterocycles. The van der Waals surface area contributed by atoms with Crippen LogP contribution >= 0.6 is 0 Å². The molecule has 1 rings (SSSR count). The lowest BCUT2D eigenvalue weighted by molar-refractivity contribution is 0.0505. The average molecular weight is 265 g/mol. The molecule has 1 aromatic carbocycles. The van der Waals surface area contributed by atoms with Gasteiger partial charge in [0.15, 0.2) is 0 Å². The first kappa shape index (κ1) is 15.7. The summed E-state index contributed by atoms with van der Waals surface area (Å²) in [5.41, 5.74) is 7.07. The van der Waals surface area contributed by atoms with Gasteiger partial charge in [-0.2, -0.15) is 0 Å². The maximum absolute atomic E-state index is 11.6. The zero-order valence-electron chi connectivity index (χ0n) is 11.9. The summed E-state index contributed by atoms with van der Waals surface area (Å²) in [6.45, 7) is 7.24. The van der Waals surface area contributed by atoms with Crippen LogP contribution in [0.15, 0.2) is 24.3 Å². The maximum atomic E-state index is 11.6. The van der Waals surface area contributed by atoms with Crippen LogP contribution in [0.25, 0.3) is 0 Å². The van der Waals surface area contributed by atoms with Crippen molar-refractivity contribution in [2.24, 2.45) is 5.73 Å². The van der Waals surface area contributed by atoms with E-state index in [0.717, 1.165) is 12.0 Å². The third kappa shape index (κ3) is 6.36. The average Bonchev–Trinajstić information content (AvgIpc) is 2.35. The highest BCUT2D eigenvalue weighted by Gasteiger charge is 2.10. The van der Waals surface area contributed by atoms with Crippen molar-refractivity contribution in [3.8, 4) is 0 Å². The van der Waals surface area contributed by atoms with Crippen LogP contribution in [0.1, 0.15) is 43.1 Å². The minimum absolute atomic E-state index is 0.280. The van der Waals surface area contributed by atoms with Gasteiger partial charge in [0.1, 0.15) is 0 Å². The van der Waals surface area contributed by atoms with Crippen LogP contribution in [0.3, 0.4) is 0 Å². The summed E-state index contributed by atoms with van der Waals surface area (Å²) in [7, 11) is 0. The number of carbonyl (C=O) groups is 1. The quantitative estimate of drug-likeness (QED) is 0.769. The van der Waals surface area contributed by atoms with E-state index in [2.05, 4.69) is 0 Å². The third-order valence-electron chi connectivity index (χ3n) is 2.37. The monoisotopic (exact) mass is 265 g/mol. The number of hydrogen-bond acceptors (Lipinski definition) is 4. The van der Waals surface area contributed by atoms with Gasteiger partial charge in [-0.1, -0.05) is 19.1 Å².